The maximum Gasteiger partial charge on any atom is 0.243 e. The van der Waals surface area contributed by atoms with Crippen LogP contribution in [0.15, 0.2) is 53.4 Å². The monoisotopic (exact) mass is 420 g/mol. The molecule has 156 valence electrons. The maximum atomic E-state index is 13.1. The van der Waals surface area contributed by atoms with Gasteiger partial charge >= 0.3 is 0 Å². The van der Waals surface area contributed by atoms with E-state index < -0.39 is 15.9 Å². The van der Waals surface area contributed by atoms with Gasteiger partial charge < -0.3 is 10.1 Å². The van der Waals surface area contributed by atoms with Gasteiger partial charge in [-0.1, -0.05) is 12.1 Å². The number of carbonyl (C=O) groups excluding carboxylic acids is 1. The van der Waals surface area contributed by atoms with Crippen LogP contribution >= 0.6 is 0 Å². The van der Waals surface area contributed by atoms with E-state index in [0.29, 0.717) is 25.1 Å². The highest BCUT2D eigenvalue weighted by Gasteiger charge is 2.33. The predicted molar refractivity (Wildman–Crippen MR) is 107 cm³/mol. The summed E-state index contributed by atoms with van der Waals surface area (Å²) >= 11 is 0. The zero-order valence-corrected chi connectivity index (χ0v) is 17.3. The first-order chi connectivity index (χ1) is 13.8. The van der Waals surface area contributed by atoms with Crippen LogP contribution in [0, 0.1) is 11.7 Å². The molecule has 0 unspecified atom stereocenters. The Labute approximate surface area is 170 Å². The van der Waals surface area contributed by atoms with Crippen LogP contribution in [0.2, 0.25) is 0 Å². The van der Waals surface area contributed by atoms with Gasteiger partial charge in [-0.15, -0.1) is 0 Å². The van der Waals surface area contributed by atoms with E-state index in [-0.39, 0.29) is 29.2 Å². The average Bonchev–Trinajstić information content (AvgIpc) is 2.74. The van der Waals surface area contributed by atoms with Crippen LogP contribution in [-0.2, 0) is 14.8 Å². The molecule has 0 spiro atoms. The lowest BCUT2D eigenvalue weighted by atomic mass is 9.98. The van der Waals surface area contributed by atoms with E-state index in [9.17, 15) is 17.6 Å². The summed E-state index contributed by atoms with van der Waals surface area (Å²) in [7, 11) is -2.16. The van der Waals surface area contributed by atoms with Crippen LogP contribution in [0.25, 0.3) is 0 Å². The second-order valence-corrected chi connectivity index (χ2v) is 9.10. The Balaban J connectivity index is 1.67. The highest BCUT2D eigenvalue weighted by Crippen LogP contribution is 2.26. The van der Waals surface area contributed by atoms with Gasteiger partial charge in [-0.05, 0) is 61.7 Å². The first kappa shape index (κ1) is 21.3. The highest BCUT2D eigenvalue weighted by molar-refractivity contribution is 7.89. The van der Waals surface area contributed by atoms with E-state index in [1.165, 1.54) is 35.7 Å². The summed E-state index contributed by atoms with van der Waals surface area (Å²) in [5, 5.41) is 2.91. The van der Waals surface area contributed by atoms with Crippen LogP contribution < -0.4 is 10.1 Å². The normalized spacial score (nSPS) is 18.8. The van der Waals surface area contributed by atoms with Gasteiger partial charge in [-0.3, -0.25) is 4.79 Å². The smallest absolute Gasteiger partial charge is 0.243 e. The van der Waals surface area contributed by atoms with Gasteiger partial charge in [0.1, 0.15) is 11.6 Å². The number of hydrogen-bond donors (Lipinski definition) is 1. The lowest BCUT2D eigenvalue weighted by Crippen LogP contribution is -2.45. The van der Waals surface area contributed by atoms with E-state index in [0.717, 1.165) is 5.56 Å². The number of nitrogens with zero attached hydrogens (tertiary/aromatic N) is 1. The Morgan fingerprint density at radius 3 is 2.45 bits per heavy atom. The molecule has 1 amide bonds. The summed E-state index contributed by atoms with van der Waals surface area (Å²) in [4.78, 5) is 12.9. The van der Waals surface area contributed by atoms with Crippen molar-refractivity contribution in [3.63, 3.8) is 0 Å². The third-order valence-corrected chi connectivity index (χ3v) is 7.06. The molecule has 1 N–H and O–H groups in total. The Morgan fingerprint density at radius 1 is 1.17 bits per heavy atom. The summed E-state index contributed by atoms with van der Waals surface area (Å²) in [6.45, 7) is 2.34. The molecular weight excluding hydrogens is 395 g/mol. The molecule has 0 saturated carbocycles. The van der Waals surface area contributed by atoms with Crippen molar-refractivity contribution < 1.29 is 22.3 Å². The minimum Gasteiger partial charge on any atom is -0.497 e. The number of benzene rings is 2. The zero-order chi connectivity index (χ0) is 21.0. The quantitative estimate of drug-likeness (QED) is 0.779. The molecule has 0 bridgehead atoms. The topological polar surface area (TPSA) is 75.7 Å². The minimum absolute atomic E-state index is 0.135. The molecule has 1 aliphatic rings. The second-order valence-electron chi connectivity index (χ2n) is 7.16. The molecule has 8 heteroatoms. The molecular formula is C21H25FN2O4S. The SMILES string of the molecule is COc1ccc(S(=O)(=O)N2CCC[C@@H](C(=O)N[C@@H](C)c3ccc(F)cc3)C2)cc1. The van der Waals surface area contributed by atoms with Crippen LogP contribution in [0.1, 0.15) is 31.4 Å². The Bertz CT molecular complexity index is 946. The first-order valence-electron chi connectivity index (χ1n) is 9.51. The molecule has 0 aromatic heterocycles. The summed E-state index contributed by atoms with van der Waals surface area (Å²) < 4.78 is 45.4. The van der Waals surface area contributed by atoms with Gasteiger partial charge in [0.15, 0.2) is 0 Å². The van der Waals surface area contributed by atoms with Gasteiger partial charge in [-0.25, -0.2) is 12.8 Å². The third-order valence-electron chi connectivity index (χ3n) is 5.18. The van der Waals surface area contributed by atoms with Crippen molar-refractivity contribution in [3.05, 3.63) is 59.9 Å². The number of halogens is 1. The van der Waals surface area contributed by atoms with Gasteiger partial charge in [-0.2, -0.15) is 4.31 Å². The average molecular weight is 421 g/mol. The molecule has 29 heavy (non-hydrogen) atoms. The standard InChI is InChI=1S/C21H25FN2O4S/c1-15(16-5-7-18(22)8-6-16)23-21(25)17-4-3-13-24(14-17)29(26,27)20-11-9-19(28-2)10-12-20/h5-12,15,17H,3-4,13-14H2,1-2H3,(H,23,25)/t15-,17+/m0/s1. The van der Waals surface area contributed by atoms with E-state index >= 15 is 0 Å². The van der Waals surface area contributed by atoms with E-state index in [1.54, 1.807) is 24.3 Å². The van der Waals surface area contributed by atoms with Crippen LogP contribution in [0.5, 0.6) is 5.75 Å². The number of hydrogen-bond acceptors (Lipinski definition) is 4. The third kappa shape index (κ3) is 4.94. The van der Waals surface area contributed by atoms with Crippen molar-refractivity contribution in [2.75, 3.05) is 20.2 Å². The van der Waals surface area contributed by atoms with Gasteiger partial charge in [0.05, 0.1) is 24.0 Å². The number of carbonyl (C=O) groups is 1. The summed E-state index contributed by atoms with van der Waals surface area (Å²) in [5.41, 5.74) is 0.790. The number of ether oxygens (including phenoxy) is 1. The predicted octanol–water partition coefficient (Wildman–Crippen LogP) is 3.11. The first-order valence-corrected chi connectivity index (χ1v) is 11.0. The number of methoxy groups -OCH3 is 1. The summed E-state index contributed by atoms with van der Waals surface area (Å²) in [5.74, 6) is -0.385. The lowest BCUT2D eigenvalue weighted by molar-refractivity contribution is -0.126. The Hall–Kier alpha value is -2.45. The fourth-order valence-electron chi connectivity index (χ4n) is 3.44. The van der Waals surface area contributed by atoms with Crippen molar-refractivity contribution in [3.8, 4) is 5.75 Å². The van der Waals surface area contributed by atoms with Crippen molar-refractivity contribution in [2.45, 2.75) is 30.7 Å². The molecule has 2 aromatic carbocycles. The summed E-state index contributed by atoms with van der Waals surface area (Å²) in [6.07, 6.45) is 1.23. The number of rotatable bonds is 6. The van der Waals surface area contributed by atoms with Crippen molar-refractivity contribution in [1.82, 2.24) is 9.62 Å². The van der Waals surface area contributed by atoms with Crippen molar-refractivity contribution in [2.24, 2.45) is 5.92 Å². The molecule has 2 aromatic rings. The van der Waals surface area contributed by atoms with Crippen LogP contribution in [-0.4, -0.2) is 38.8 Å². The molecule has 3 rings (SSSR count). The number of piperidine rings is 1. The van der Waals surface area contributed by atoms with Crippen LogP contribution in [0.4, 0.5) is 4.39 Å². The second kappa shape index (κ2) is 8.92. The molecule has 0 radical (unpaired) electrons. The van der Waals surface area contributed by atoms with Gasteiger partial charge in [0.2, 0.25) is 15.9 Å². The maximum absolute atomic E-state index is 13.1. The molecule has 1 heterocycles. The fraction of sp³-hybridized carbons (Fsp3) is 0.381. The summed E-state index contributed by atoms with van der Waals surface area (Å²) in [6, 6.07) is 11.9. The fourth-order valence-corrected chi connectivity index (χ4v) is 4.96. The van der Waals surface area contributed by atoms with Gasteiger partial charge in [0, 0.05) is 13.1 Å². The minimum atomic E-state index is -3.68. The Kier molecular flexibility index (Phi) is 6.54. The number of sulfonamides is 1. The lowest BCUT2D eigenvalue weighted by Gasteiger charge is -2.32. The molecule has 1 saturated heterocycles. The highest BCUT2D eigenvalue weighted by atomic mass is 32.2. The van der Waals surface area contributed by atoms with E-state index in [2.05, 4.69) is 5.32 Å². The molecule has 1 fully saturated rings. The van der Waals surface area contributed by atoms with Crippen LogP contribution in [0.3, 0.4) is 0 Å². The largest absolute Gasteiger partial charge is 0.497 e. The molecule has 6 nitrogen and oxygen atoms in total. The van der Waals surface area contributed by atoms with Gasteiger partial charge in [0.25, 0.3) is 0 Å². The van der Waals surface area contributed by atoms with Crippen molar-refractivity contribution >= 4 is 15.9 Å². The molecule has 2 atom stereocenters. The Morgan fingerprint density at radius 2 is 1.83 bits per heavy atom. The van der Waals surface area contributed by atoms with E-state index in [4.69, 9.17) is 4.74 Å². The van der Waals surface area contributed by atoms with E-state index in [1.807, 2.05) is 6.92 Å². The molecule has 0 aliphatic carbocycles. The molecule has 1 aliphatic heterocycles. The number of amides is 1. The zero-order valence-electron chi connectivity index (χ0n) is 16.5. The van der Waals surface area contributed by atoms with Crippen molar-refractivity contribution in [1.29, 1.82) is 0 Å². The number of nitrogens with one attached hydrogen (secondary N) is 1.